The highest BCUT2D eigenvalue weighted by Crippen LogP contribution is 2.56. The van der Waals surface area contributed by atoms with Crippen molar-refractivity contribution in [2.24, 2.45) is 35.5 Å². The van der Waals surface area contributed by atoms with Gasteiger partial charge in [0.15, 0.2) is 0 Å². The second-order valence-corrected chi connectivity index (χ2v) is 33.3. The number of aromatic nitrogens is 4. The summed E-state index contributed by atoms with van der Waals surface area (Å²) in [6, 6.07) is 123. The molecule has 6 fully saturated rings. The van der Waals surface area contributed by atoms with Crippen LogP contribution in [0.4, 0.5) is 51.2 Å². The third-order valence-electron chi connectivity index (χ3n) is 26.6. The van der Waals surface area contributed by atoms with Crippen LogP contribution in [-0.2, 0) is 0 Å². The maximum absolute atomic E-state index is 4.80. The zero-order valence-corrected chi connectivity index (χ0v) is 65.6. The number of hydrogen-bond donors (Lipinski definition) is 0. The first-order chi connectivity index (χ1) is 57.4. The molecule has 0 amide bonds. The van der Waals surface area contributed by atoms with Crippen LogP contribution < -0.4 is 14.7 Å². The van der Waals surface area contributed by atoms with Crippen LogP contribution in [0.3, 0.4) is 0 Å². The highest BCUT2D eigenvalue weighted by atomic mass is 15.2. The van der Waals surface area contributed by atoms with Crippen LogP contribution in [0, 0.1) is 35.5 Å². The summed E-state index contributed by atoms with van der Waals surface area (Å²) >= 11 is 0. The molecule has 16 aromatic rings. The zero-order chi connectivity index (χ0) is 77.1. The first-order valence-electron chi connectivity index (χ1n) is 42.3. The van der Waals surface area contributed by atoms with Crippen LogP contribution in [0.15, 0.2) is 377 Å². The molecule has 7 nitrogen and oxygen atoms in total. The summed E-state index contributed by atoms with van der Waals surface area (Å²) < 4.78 is 0. The molecule has 9 unspecified atom stereocenters. The highest BCUT2D eigenvalue weighted by Gasteiger charge is 2.42. The van der Waals surface area contributed by atoms with Gasteiger partial charge in [-0.15, -0.1) is 0 Å². The minimum atomic E-state index is 0.721. The Balaban J connectivity index is 0.000000112. The lowest BCUT2D eigenvalue weighted by Crippen LogP contribution is -2.12. The second kappa shape index (κ2) is 32.6. The Morgan fingerprint density at radius 2 is 0.526 bits per heavy atom. The highest BCUT2D eigenvalue weighted by molar-refractivity contribution is 6.14. The van der Waals surface area contributed by atoms with E-state index in [4.69, 9.17) is 9.97 Å². The number of benzene rings is 12. The quantitative estimate of drug-likeness (QED) is 0.0842. The van der Waals surface area contributed by atoms with Crippen molar-refractivity contribution in [3.8, 4) is 55.9 Å². The molecule has 6 bridgehead atoms. The number of anilines is 9. The molecule has 0 aliphatic heterocycles. The van der Waals surface area contributed by atoms with Crippen LogP contribution >= 0.6 is 0 Å². The molecule has 0 spiro atoms. The van der Waals surface area contributed by atoms with Crippen LogP contribution in [0.2, 0.25) is 0 Å². The Kier molecular flexibility index (Phi) is 20.3. The minimum absolute atomic E-state index is 0.721. The van der Waals surface area contributed by atoms with E-state index in [2.05, 4.69) is 340 Å². The predicted octanol–water partition coefficient (Wildman–Crippen LogP) is 29.4. The van der Waals surface area contributed by atoms with Crippen LogP contribution in [0.1, 0.15) is 111 Å². The van der Waals surface area contributed by atoms with Crippen molar-refractivity contribution >= 4 is 72.7 Å². The zero-order valence-electron chi connectivity index (χ0n) is 65.6. The minimum Gasteiger partial charge on any atom is -0.311 e. The maximum Gasteiger partial charge on any atom is 0.0704 e. The summed E-state index contributed by atoms with van der Waals surface area (Å²) in [5.41, 5.74) is 26.2. The molecule has 6 aliphatic carbocycles. The molecule has 22 rings (SSSR count). The summed E-state index contributed by atoms with van der Waals surface area (Å²) in [5.74, 6) is 7.75. The number of rotatable bonds is 17. The molecule has 116 heavy (non-hydrogen) atoms. The third kappa shape index (κ3) is 15.0. The van der Waals surface area contributed by atoms with E-state index in [1.165, 1.54) is 183 Å². The van der Waals surface area contributed by atoms with Crippen molar-refractivity contribution in [3.63, 3.8) is 0 Å². The van der Waals surface area contributed by atoms with Crippen molar-refractivity contribution in [2.75, 3.05) is 14.7 Å². The van der Waals surface area contributed by atoms with Crippen LogP contribution in [0.5, 0.6) is 0 Å². The summed E-state index contributed by atoms with van der Waals surface area (Å²) in [4.78, 5) is 24.9. The van der Waals surface area contributed by atoms with Crippen LogP contribution in [0.25, 0.3) is 77.4 Å². The molecule has 9 atom stereocenters. The normalized spacial score (nSPS) is 19.9. The van der Waals surface area contributed by atoms with Gasteiger partial charge in [-0.2, -0.15) is 0 Å². The van der Waals surface area contributed by atoms with Crippen molar-refractivity contribution in [3.05, 3.63) is 394 Å². The molecule has 7 heteroatoms. The molecular weight excluding hydrogens is 1410 g/mol. The summed E-state index contributed by atoms with van der Waals surface area (Å²) in [6.45, 7) is 0. The van der Waals surface area contributed by atoms with Crippen molar-refractivity contribution in [1.29, 1.82) is 0 Å². The van der Waals surface area contributed by atoms with Gasteiger partial charge in [0.1, 0.15) is 0 Å². The van der Waals surface area contributed by atoms with Gasteiger partial charge < -0.3 is 14.7 Å². The van der Waals surface area contributed by atoms with E-state index in [-0.39, 0.29) is 0 Å². The van der Waals surface area contributed by atoms with Gasteiger partial charge in [0, 0.05) is 75.4 Å². The molecule has 0 N–H and O–H groups in total. The Hall–Kier alpha value is -12.8. The predicted molar refractivity (Wildman–Crippen MR) is 481 cm³/mol. The lowest BCUT2D eigenvalue weighted by molar-refractivity contribution is 0.420. The molecule has 0 saturated heterocycles. The third-order valence-corrected chi connectivity index (χ3v) is 26.6. The molecule has 4 aromatic heterocycles. The van der Waals surface area contributed by atoms with Gasteiger partial charge in [0.25, 0.3) is 0 Å². The Bertz CT molecular complexity index is 5570. The fourth-order valence-electron chi connectivity index (χ4n) is 20.8. The van der Waals surface area contributed by atoms with E-state index >= 15 is 0 Å². The smallest absolute Gasteiger partial charge is 0.0704 e. The van der Waals surface area contributed by atoms with Crippen LogP contribution in [-0.4, -0.2) is 19.9 Å². The monoisotopic (exact) mass is 1500 g/mol. The first-order valence-corrected chi connectivity index (χ1v) is 42.3. The first kappa shape index (κ1) is 72.1. The summed E-state index contributed by atoms with van der Waals surface area (Å²) in [7, 11) is 0. The largest absolute Gasteiger partial charge is 0.311 e. The second-order valence-electron chi connectivity index (χ2n) is 33.3. The van der Waals surface area contributed by atoms with E-state index in [9.17, 15) is 0 Å². The SMILES string of the molecule is c1cc(-c2ccc(N(c3ccc(C4CC5CCC4C5)cc3)c3ccc(-c4ccncc4)nc3)cn2)ccn1.c1ccc(-c2ccc(N(c3ccc(-c4ccccc4)cc3)c3ccc(C4CC5CCC4C5)cc3)cc2)cc1.c1ccc(-c2ccc(N(c3ccc(C4CC5CCC4C5)cc3)c3cc4ccccc4c4ccccc34)cc2)cc1. The molecule has 4 heterocycles. The molecule has 566 valence electrons. The van der Waals surface area contributed by atoms with E-state index in [0.717, 1.165) is 92.8 Å². The van der Waals surface area contributed by atoms with Gasteiger partial charge >= 0.3 is 0 Å². The number of fused-ring (bicyclic) bond motifs is 9. The fourth-order valence-corrected chi connectivity index (χ4v) is 20.8. The Labute approximate surface area is 682 Å². The number of pyridine rings is 4. The molecule has 12 aromatic carbocycles. The van der Waals surface area contributed by atoms with Crippen molar-refractivity contribution < 1.29 is 0 Å². The maximum atomic E-state index is 4.80. The van der Waals surface area contributed by atoms with Gasteiger partial charge in [-0.1, -0.05) is 232 Å². The average Bonchev–Trinajstić information content (AvgIpc) is 1.36. The topological polar surface area (TPSA) is 61.3 Å². The lowest BCUT2D eigenvalue weighted by Gasteiger charge is -2.29. The lowest BCUT2D eigenvalue weighted by atomic mass is 9.83. The van der Waals surface area contributed by atoms with Gasteiger partial charge in [-0.3, -0.25) is 19.9 Å². The summed E-state index contributed by atoms with van der Waals surface area (Å²) in [6.07, 6.45) is 28.1. The van der Waals surface area contributed by atoms with Gasteiger partial charge in [-0.25, -0.2) is 0 Å². The molecule has 6 saturated carbocycles. The average molecular weight is 1500 g/mol. The van der Waals surface area contributed by atoms with Gasteiger partial charge in [-0.05, 0) is 305 Å². The van der Waals surface area contributed by atoms with Gasteiger partial charge in [0.05, 0.1) is 40.8 Å². The van der Waals surface area contributed by atoms with Crippen molar-refractivity contribution in [2.45, 2.75) is 94.8 Å². The Morgan fingerprint density at radius 1 is 0.224 bits per heavy atom. The molecule has 0 radical (unpaired) electrons. The summed E-state index contributed by atoms with van der Waals surface area (Å²) in [5, 5.41) is 5.12. The van der Waals surface area contributed by atoms with E-state index < -0.39 is 0 Å². The van der Waals surface area contributed by atoms with Crippen molar-refractivity contribution in [1.82, 2.24) is 19.9 Å². The van der Waals surface area contributed by atoms with Gasteiger partial charge in [0.2, 0.25) is 0 Å². The van der Waals surface area contributed by atoms with E-state index in [1.807, 2.05) is 36.7 Å². The fraction of sp³-hybridized carbons (Fsp3) is 0.193. The number of nitrogens with zero attached hydrogens (tertiary/aromatic N) is 7. The van der Waals surface area contributed by atoms with E-state index in [1.54, 1.807) is 24.8 Å². The standard InChI is InChI=1S/C39H33N.C37H33N.C33H29N5/c1-2-8-28(9-3-1)29-16-20-33(21-17-29)40(34-22-18-30(19-23-34)38-25-27-14-15-32(38)24-27)39-26-31-10-4-5-11-35(31)36-12-6-7-13-37(36)39;1-3-7-28(8-4-1)30-13-19-34(20-14-30)38(35-21-15-31(16-22-35)29-9-5-2-6-10-29)36-23-17-32(18-24-36)37-26-27-11-12-33(37)25-27;1-2-27-19-23(1)20-31(27)24-3-5-28(6-4-24)38(29-7-9-32(36-21-29)25-11-15-34-16-12-25)30-8-10-33(37-22-30)26-13-17-35-18-14-26/h1-13,16-23,26-27,32,38H,14-15,24-25H2;1-10,13-24,27,33,37H,11-12,25-26H2;3-18,21-23,27,31H,1-2,19-20H2. The van der Waals surface area contributed by atoms with E-state index in [0.29, 0.717) is 0 Å². The number of hydrogen-bond acceptors (Lipinski definition) is 7. The molecular formula is C109H95N7. The molecule has 6 aliphatic rings. The Morgan fingerprint density at radius 3 is 0.862 bits per heavy atom.